The van der Waals surface area contributed by atoms with Crippen LogP contribution in [-0.2, 0) is 0 Å². The lowest BCUT2D eigenvalue weighted by atomic mass is 10.0. The Bertz CT molecular complexity index is 577. The SMILES string of the molecule is Cc1cc(N2CCCCC[C@@H]2c2ccccc2)nc(N)n1. The Morgan fingerprint density at radius 1 is 1.10 bits per heavy atom. The molecule has 0 unspecified atom stereocenters. The first kappa shape index (κ1) is 13.9. The van der Waals surface area contributed by atoms with Crippen LogP contribution in [0.15, 0.2) is 36.4 Å². The van der Waals surface area contributed by atoms with Crippen LogP contribution < -0.4 is 10.6 Å². The van der Waals surface area contributed by atoms with Gasteiger partial charge >= 0.3 is 0 Å². The van der Waals surface area contributed by atoms with E-state index in [-0.39, 0.29) is 0 Å². The van der Waals surface area contributed by atoms with Gasteiger partial charge in [0.2, 0.25) is 5.95 Å². The summed E-state index contributed by atoms with van der Waals surface area (Å²) in [6, 6.07) is 13.1. The molecule has 110 valence electrons. The van der Waals surface area contributed by atoms with Gasteiger partial charge < -0.3 is 10.6 Å². The maximum absolute atomic E-state index is 5.84. The molecular formula is C17H22N4. The van der Waals surface area contributed by atoms with Crippen LogP contribution in [0.4, 0.5) is 11.8 Å². The number of benzene rings is 1. The lowest BCUT2D eigenvalue weighted by Gasteiger charge is -2.31. The topological polar surface area (TPSA) is 55.0 Å². The zero-order valence-electron chi connectivity index (χ0n) is 12.5. The van der Waals surface area contributed by atoms with Gasteiger partial charge in [-0.1, -0.05) is 43.2 Å². The quantitative estimate of drug-likeness (QED) is 0.916. The molecule has 2 aromatic rings. The summed E-state index contributed by atoms with van der Waals surface area (Å²) in [5.74, 6) is 1.32. The number of nitrogens with zero attached hydrogens (tertiary/aromatic N) is 3. The van der Waals surface area contributed by atoms with Gasteiger partial charge in [0.05, 0.1) is 6.04 Å². The molecule has 4 nitrogen and oxygen atoms in total. The summed E-state index contributed by atoms with van der Waals surface area (Å²) in [6.45, 7) is 2.99. The molecule has 1 aromatic heterocycles. The van der Waals surface area contributed by atoms with Gasteiger partial charge in [0.25, 0.3) is 0 Å². The van der Waals surface area contributed by atoms with Crippen molar-refractivity contribution in [3.63, 3.8) is 0 Å². The fourth-order valence-corrected chi connectivity index (χ4v) is 3.13. The highest BCUT2D eigenvalue weighted by Crippen LogP contribution is 2.33. The molecule has 2 heterocycles. The molecule has 1 atom stereocenters. The number of hydrogen-bond donors (Lipinski definition) is 1. The van der Waals surface area contributed by atoms with Crippen molar-refractivity contribution < 1.29 is 0 Å². The summed E-state index contributed by atoms with van der Waals surface area (Å²) < 4.78 is 0. The maximum Gasteiger partial charge on any atom is 0.222 e. The molecule has 2 N–H and O–H groups in total. The van der Waals surface area contributed by atoms with Crippen LogP contribution in [0.3, 0.4) is 0 Å². The molecule has 1 aliphatic heterocycles. The van der Waals surface area contributed by atoms with Crippen molar-refractivity contribution >= 4 is 11.8 Å². The molecule has 0 radical (unpaired) electrons. The first-order chi connectivity index (χ1) is 10.2. The number of nitrogen functional groups attached to an aromatic ring is 1. The van der Waals surface area contributed by atoms with E-state index in [1.54, 1.807) is 0 Å². The van der Waals surface area contributed by atoms with Crippen molar-refractivity contribution in [1.29, 1.82) is 0 Å². The van der Waals surface area contributed by atoms with Crippen LogP contribution in [-0.4, -0.2) is 16.5 Å². The van der Waals surface area contributed by atoms with Crippen LogP contribution >= 0.6 is 0 Å². The normalized spacial score (nSPS) is 19.3. The average Bonchev–Trinajstić information content (AvgIpc) is 2.73. The zero-order chi connectivity index (χ0) is 14.7. The average molecular weight is 282 g/mol. The molecule has 0 saturated carbocycles. The Labute approximate surface area is 126 Å². The van der Waals surface area contributed by atoms with Crippen LogP contribution in [0.1, 0.15) is 43.0 Å². The Morgan fingerprint density at radius 3 is 2.67 bits per heavy atom. The van der Waals surface area contributed by atoms with Crippen molar-refractivity contribution in [3.05, 3.63) is 47.7 Å². The van der Waals surface area contributed by atoms with E-state index in [0.29, 0.717) is 12.0 Å². The molecule has 0 bridgehead atoms. The lowest BCUT2D eigenvalue weighted by molar-refractivity contribution is 0.596. The minimum atomic E-state index is 0.362. The van der Waals surface area contributed by atoms with Gasteiger partial charge in [0.1, 0.15) is 5.82 Å². The van der Waals surface area contributed by atoms with E-state index in [9.17, 15) is 0 Å². The second-order valence-corrected chi connectivity index (χ2v) is 5.69. The number of nitrogens with two attached hydrogens (primary N) is 1. The molecule has 0 amide bonds. The molecular weight excluding hydrogens is 260 g/mol. The Hall–Kier alpha value is -2.10. The summed E-state index contributed by atoms with van der Waals surface area (Å²) in [5.41, 5.74) is 8.12. The first-order valence-corrected chi connectivity index (χ1v) is 7.67. The first-order valence-electron chi connectivity index (χ1n) is 7.67. The fourth-order valence-electron chi connectivity index (χ4n) is 3.13. The number of rotatable bonds is 2. The Kier molecular flexibility index (Phi) is 4.04. The molecule has 4 heteroatoms. The molecule has 21 heavy (non-hydrogen) atoms. The third-order valence-corrected chi connectivity index (χ3v) is 4.09. The van der Waals surface area contributed by atoms with Gasteiger partial charge in [-0.3, -0.25) is 0 Å². The molecule has 1 saturated heterocycles. The second kappa shape index (κ2) is 6.12. The van der Waals surface area contributed by atoms with Crippen molar-refractivity contribution in [3.8, 4) is 0 Å². The predicted octanol–water partition coefficient (Wildman–Crippen LogP) is 3.49. The highest BCUT2D eigenvalue weighted by molar-refractivity contribution is 5.46. The van der Waals surface area contributed by atoms with Gasteiger partial charge in [-0.2, -0.15) is 4.98 Å². The van der Waals surface area contributed by atoms with E-state index >= 15 is 0 Å². The zero-order valence-corrected chi connectivity index (χ0v) is 12.5. The van der Waals surface area contributed by atoms with Gasteiger partial charge in [0, 0.05) is 18.3 Å². The van der Waals surface area contributed by atoms with Crippen molar-refractivity contribution in [1.82, 2.24) is 9.97 Å². The molecule has 0 spiro atoms. The summed E-state index contributed by atoms with van der Waals surface area (Å²) >= 11 is 0. The number of hydrogen-bond acceptors (Lipinski definition) is 4. The van der Waals surface area contributed by atoms with Crippen molar-refractivity contribution in [2.24, 2.45) is 0 Å². The molecule has 1 aliphatic rings. The van der Waals surface area contributed by atoms with E-state index in [1.165, 1.54) is 24.8 Å². The largest absolute Gasteiger partial charge is 0.368 e. The third-order valence-electron chi connectivity index (χ3n) is 4.09. The highest BCUT2D eigenvalue weighted by atomic mass is 15.2. The smallest absolute Gasteiger partial charge is 0.222 e. The Balaban J connectivity index is 1.99. The van der Waals surface area contributed by atoms with Crippen LogP contribution in [0.25, 0.3) is 0 Å². The Morgan fingerprint density at radius 2 is 1.90 bits per heavy atom. The van der Waals surface area contributed by atoms with Gasteiger partial charge in [0.15, 0.2) is 0 Å². The third kappa shape index (κ3) is 3.15. The van der Waals surface area contributed by atoms with Gasteiger partial charge in [-0.25, -0.2) is 4.98 Å². The molecule has 1 aromatic carbocycles. The van der Waals surface area contributed by atoms with Crippen LogP contribution in [0.2, 0.25) is 0 Å². The van der Waals surface area contributed by atoms with E-state index in [2.05, 4.69) is 45.2 Å². The van der Waals surface area contributed by atoms with Crippen LogP contribution in [0, 0.1) is 6.92 Å². The predicted molar refractivity (Wildman–Crippen MR) is 86.2 cm³/mol. The summed E-state index contributed by atoms with van der Waals surface area (Å²) in [7, 11) is 0. The van der Waals surface area contributed by atoms with Crippen molar-refractivity contribution in [2.45, 2.75) is 38.6 Å². The maximum atomic E-state index is 5.84. The van der Waals surface area contributed by atoms with E-state index < -0.39 is 0 Å². The molecule has 3 rings (SSSR count). The standard InChI is InChI=1S/C17H22N4/c1-13-12-16(20-17(18)19-13)21-11-7-3-6-10-15(21)14-8-4-2-5-9-14/h2,4-5,8-9,12,15H,3,6-7,10-11H2,1H3,(H2,18,19,20)/t15-/m1/s1. The lowest BCUT2D eigenvalue weighted by Crippen LogP contribution is -2.29. The monoisotopic (exact) mass is 282 g/mol. The van der Waals surface area contributed by atoms with Gasteiger partial charge in [-0.15, -0.1) is 0 Å². The second-order valence-electron chi connectivity index (χ2n) is 5.69. The summed E-state index contributed by atoms with van der Waals surface area (Å²) in [4.78, 5) is 11.1. The van der Waals surface area contributed by atoms with Crippen LogP contribution in [0.5, 0.6) is 0 Å². The molecule has 0 aliphatic carbocycles. The fraction of sp³-hybridized carbons (Fsp3) is 0.412. The number of aromatic nitrogens is 2. The summed E-state index contributed by atoms with van der Waals surface area (Å²) in [5, 5.41) is 0. The number of anilines is 2. The van der Waals surface area contributed by atoms with E-state index in [0.717, 1.165) is 24.5 Å². The minimum absolute atomic E-state index is 0.362. The van der Waals surface area contributed by atoms with Gasteiger partial charge in [-0.05, 0) is 25.3 Å². The number of aryl methyl sites for hydroxylation is 1. The molecule has 1 fully saturated rings. The highest BCUT2D eigenvalue weighted by Gasteiger charge is 2.24. The summed E-state index contributed by atoms with van der Waals surface area (Å²) in [6.07, 6.45) is 4.90. The minimum Gasteiger partial charge on any atom is -0.368 e. The van der Waals surface area contributed by atoms with E-state index in [4.69, 9.17) is 5.73 Å². The van der Waals surface area contributed by atoms with Crippen molar-refractivity contribution in [2.75, 3.05) is 17.2 Å². The van der Waals surface area contributed by atoms with E-state index in [1.807, 2.05) is 13.0 Å².